The minimum Gasteiger partial charge on any atom is -0.379 e. The van der Waals surface area contributed by atoms with E-state index < -0.39 is 0 Å². The Bertz CT molecular complexity index is 320. The minimum atomic E-state index is 0.846. The summed E-state index contributed by atoms with van der Waals surface area (Å²) in [5.41, 5.74) is 2.35. The maximum absolute atomic E-state index is 5.32. The molecule has 84 valence electrons. The molecule has 0 amide bonds. The quantitative estimate of drug-likeness (QED) is 0.790. The van der Waals surface area contributed by atoms with Crippen molar-refractivity contribution in [2.45, 2.75) is 18.6 Å². The molecule has 2 rings (SSSR count). The number of thioether (sulfide) groups is 1. The molecule has 4 nitrogen and oxygen atoms in total. The maximum atomic E-state index is 5.32. The normalized spacial score (nSPS) is 18.3. The van der Waals surface area contributed by atoms with Gasteiger partial charge >= 0.3 is 0 Å². The lowest BCUT2D eigenvalue weighted by Gasteiger charge is -2.25. The zero-order valence-corrected chi connectivity index (χ0v) is 10.1. The summed E-state index contributed by atoms with van der Waals surface area (Å²) in [6.07, 6.45) is 2.04. The summed E-state index contributed by atoms with van der Waals surface area (Å²) in [6.45, 7) is 6.74. The summed E-state index contributed by atoms with van der Waals surface area (Å²) < 4.78 is 5.32. The molecular formula is C10H17N3OS. The molecule has 5 heteroatoms. The van der Waals surface area contributed by atoms with Gasteiger partial charge in [-0.05, 0) is 13.2 Å². The summed E-state index contributed by atoms with van der Waals surface area (Å²) in [6, 6.07) is 0. The minimum absolute atomic E-state index is 0.846. The van der Waals surface area contributed by atoms with Crippen molar-refractivity contribution in [2.24, 2.45) is 0 Å². The summed E-state index contributed by atoms with van der Waals surface area (Å²) >= 11 is 1.66. The number of aromatic amines is 1. The molecular weight excluding hydrogens is 210 g/mol. The Kier molecular flexibility index (Phi) is 3.66. The van der Waals surface area contributed by atoms with Crippen LogP contribution in [0.25, 0.3) is 0 Å². The molecule has 1 N–H and O–H groups in total. The molecule has 0 radical (unpaired) electrons. The monoisotopic (exact) mass is 227 g/mol. The Morgan fingerprint density at radius 3 is 2.80 bits per heavy atom. The van der Waals surface area contributed by atoms with E-state index in [-0.39, 0.29) is 0 Å². The lowest BCUT2D eigenvalue weighted by Crippen LogP contribution is -2.35. The van der Waals surface area contributed by atoms with Crippen LogP contribution in [-0.4, -0.2) is 47.4 Å². The number of morpholine rings is 1. The Balaban J connectivity index is 1.99. The third-order valence-electron chi connectivity index (χ3n) is 2.63. The highest BCUT2D eigenvalue weighted by Gasteiger charge is 2.14. The molecule has 0 atom stereocenters. The van der Waals surface area contributed by atoms with E-state index in [1.807, 2.05) is 6.26 Å². The number of H-pyrrole nitrogens is 1. The van der Waals surface area contributed by atoms with Crippen molar-refractivity contribution in [1.29, 1.82) is 0 Å². The lowest BCUT2D eigenvalue weighted by molar-refractivity contribution is 0.0336. The van der Waals surface area contributed by atoms with Gasteiger partial charge in [-0.3, -0.25) is 4.90 Å². The molecule has 1 aliphatic rings. The SMILES string of the molecule is CSc1nc(CN2CCOCC2)c(C)[nH]1. The van der Waals surface area contributed by atoms with Crippen LogP contribution >= 0.6 is 11.8 Å². The van der Waals surface area contributed by atoms with Crippen molar-refractivity contribution in [3.8, 4) is 0 Å². The topological polar surface area (TPSA) is 41.2 Å². The van der Waals surface area contributed by atoms with Gasteiger partial charge < -0.3 is 9.72 Å². The largest absolute Gasteiger partial charge is 0.379 e. The fraction of sp³-hybridized carbons (Fsp3) is 0.700. The number of ether oxygens (including phenoxy) is 1. The number of imidazole rings is 1. The van der Waals surface area contributed by atoms with E-state index in [1.165, 1.54) is 11.4 Å². The van der Waals surface area contributed by atoms with E-state index in [9.17, 15) is 0 Å². The first-order valence-corrected chi connectivity index (χ1v) is 6.41. The third kappa shape index (κ3) is 2.74. The van der Waals surface area contributed by atoms with Gasteiger partial charge in [0.1, 0.15) is 0 Å². The second kappa shape index (κ2) is 5.01. The van der Waals surface area contributed by atoms with Crippen LogP contribution in [0, 0.1) is 6.92 Å². The molecule has 0 aromatic carbocycles. The zero-order chi connectivity index (χ0) is 10.7. The van der Waals surface area contributed by atoms with Crippen LogP contribution in [0.2, 0.25) is 0 Å². The third-order valence-corrected chi connectivity index (χ3v) is 3.21. The van der Waals surface area contributed by atoms with Gasteiger partial charge in [0.05, 0.1) is 18.9 Å². The van der Waals surface area contributed by atoms with E-state index in [2.05, 4.69) is 21.8 Å². The molecule has 0 bridgehead atoms. The second-order valence-electron chi connectivity index (χ2n) is 3.71. The molecule has 15 heavy (non-hydrogen) atoms. The van der Waals surface area contributed by atoms with Gasteiger partial charge in [0, 0.05) is 25.3 Å². The van der Waals surface area contributed by atoms with E-state index in [0.717, 1.165) is 38.0 Å². The summed E-state index contributed by atoms with van der Waals surface area (Å²) in [5.74, 6) is 0. The van der Waals surface area contributed by atoms with Crippen molar-refractivity contribution >= 4 is 11.8 Å². The van der Waals surface area contributed by atoms with E-state index in [0.29, 0.717) is 0 Å². The smallest absolute Gasteiger partial charge is 0.165 e. The Morgan fingerprint density at radius 2 is 2.20 bits per heavy atom. The van der Waals surface area contributed by atoms with Crippen molar-refractivity contribution in [3.05, 3.63) is 11.4 Å². The zero-order valence-electron chi connectivity index (χ0n) is 9.25. The average Bonchev–Trinajstić information content (AvgIpc) is 2.61. The number of aryl methyl sites for hydroxylation is 1. The number of nitrogens with one attached hydrogen (secondary N) is 1. The van der Waals surface area contributed by atoms with Crippen LogP contribution in [0.15, 0.2) is 5.16 Å². The van der Waals surface area contributed by atoms with Crippen molar-refractivity contribution in [2.75, 3.05) is 32.6 Å². The number of aromatic nitrogens is 2. The van der Waals surface area contributed by atoms with Gasteiger partial charge in [0.2, 0.25) is 0 Å². The predicted molar refractivity (Wildman–Crippen MR) is 61.2 cm³/mol. The molecule has 1 fully saturated rings. The number of hydrogen-bond donors (Lipinski definition) is 1. The van der Waals surface area contributed by atoms with Crippen molar-refractivity contribution in [3.63, 3.8) is 0 Å². The van der Waals surface area contributed by atoms with Gasteiger partial charge in [-0.15, -0.1) is 0 Å². The van der Waals surface area contributed by atoms with Crippen LogP contribution in [0.4, 0.5) is 0 Å². The van der Waals surface area contributed by atoms with E-state index in [1.54, 1.807) is 11.8 Å². The lowest BCUT2D eigenvalue weighted by atomic mass is 10.3. The Labute approximate surface area is 94.4 Å². The molecule has 0 saturated carbocycles. The molecule has 0 aliphatic carbocycles. The average molecular weight is 227 g/mol. The first-order chi connectivity index (χ1) is 7.29. The van der Waals surface area contributed by atoms with Crippen LogP contribution < -0.4 is 0 Å². The van der Waals surface area contributed by atoms with Crippen LogP contribution in [0.1, 0.15) is 11.4 Å². The summed E-state index contributed by atoms with van der Waals surface area (Å²) in [5, 5.41) is 1.01. The van der Waals surface area contributed by atoms with Gasteiger partial charge in [-0.1, -0.05) is 11.8 Å². The molecule has 1 saturated heterocycles. The van der Waals surface area contributed by atoms with Crippen LogP contribution in [0.5, 0.6) is 0 Å². The van der Waals surface area contributed by atoms with Crippen molar-refractivity contribution < 1.29 is 4.74 Å². The van der Waals surface area contributed by atoms with Crippen LogP contribution in [0.3, 0.4) is 0 Å². The molecule has 0 unspecified atom stereocenters. The molecule has 0 spiro atoms. The number of nitrogens with zero attached hydrogens (tertiary/aromatic N) is 2. The first-order valence-electron chi connectivity index (χ1n) is 5.19. The van der Waals surface area contributed by atoms with E-state index >= 15 is 0 Å². The maximum Gasteiger partial charge on any atom is 0.165 e. The molecule has 1 aliphatic heterocycles. The summed E-state index contributed by atoms with van der Waals surface area (Å²) in [7, 11) is 0. The fourth-order valence-corrected chi connectivity index (χ4v) is 2.15. The number of rotatable bonds is 3. The standard InChI is InChI=1S/C10H17N3OS/c1-8-9(12-10(11-8)15-2)7-13-3-5-14-6-4-13/h3-7H2,1-2H3,(H,11,12). The molecule has 1 aromatic heterocycles. The van der Waals surface area contributed by atoms with Crippen LogP contribution in [-0.2, 0) is 11.3 Å². The number of hydrogen-bond acceptors (Lipinski definition) is 4. The fourth-order valence-electron chi connectivity index (χ4n) is 1.69. The first kappa shape index (κ1) is 11.0. The second-order valence-corrected chi connectivity index (χ2v) is 4.50. The predicted octanol–water partition coefficient (Wildman–Crippen LogP) is 1.27. The molecule has 2 heterocycles. The Morgan fingerprint density at radius 1 is 1.47 bits per heavy atom. The Hall–Kier alpha value is -0.520. The van der Waals surface area contributed by atoms with Gasteiger partial charge in [-0.25, -0.2) is 4.98 Å². The van der Waals surface area contributed by atoms with Crippen molar-refractivity contribution in [1.82, 2.24) is 14.9 Å². The highest BCUT2D eigenvalue weighted by atomic mass is 32.2. The highest BCUT2D eigenvalue weighted by Crippen LogP contribution is 2.15. The summed E-state index contributed by atoms with van der Waals surface area (Å²) in [4.78, 5) is 10.2. The van der Waals surface area contributed by atoms with E-state index in [4.69, 9.17) is 4.74 Å². The van der Waals surface area contributed by atoms with Gasteiger partial charge in [0.25, 0.3) is 0 Å². The highest BCUT2D eigenvalue weighted by molar-refractivity contribution is 7.98. The van der Waals surface area contributed by atoms with Gasteiger partial charge in [0.15, 0.2) is 5.16 Å². The van der Waals surface area contributed by atoms with Gasteiger partial charge in [-0.2, -0.15) is 0 Å². The molecule has 1 aromatic rings.